The summed E-state index contributed by atoms with van der Waals surface area (Å²) in [5, 5.41) is 13.9. The van der Waals surface area contributed by atoms with Gasteiger partial charge >= 0.3 is 0 Å². The van der Waals surface area contributed by atoms with Crippen molar-refractivity contribution >= 4 is 19.9 Å². The van der Waals surface area contributed by atoms with Crippen molar-refractivity contribution < 1.29 is 14.1 Å². The number of nitro groups is 1. The Bertz CT molecular complexity index is 774. The molecule has 0 aromatic heterocycles. The van der Waals surface area contributed by atoms with E-state index in [1.807, 2.05) is 6.92 Å². The van der Waals surface area contributed by atoms with Crippen molar-refractivity contribution in [2.24, 2.45) is 5.92 Å². The molecule has 1 saturated heterocycles. The number of amides is 1. The van der Waals surface area contributed by atoms with Gasteiger partial charge in [-0.05, 0) is 31.1 Å². The van der Waals surface area contributed by atoms with Gasteiger partial charge in [0.1, 0.15) is 11.6 Å². The lowest BCUT2D eigenvalue weighted by Crippen LogP contribution is -2.63. The van der Waals surface area contributed by atoms with E-state index in [4.69, 9.17) is 4.43 Å². The molecule has 1 N–H and O–H groups in total. The first-order valence-electron chi connectivity index (χ1n) is 8.67. The number of hydrogen-bond acceptors (Lipinski definition) is 4. The average molecular weight is 375 g/mol. The van der Waals surface area contributed by atoms with E-state index in [1.54, 1.807) is 18.2 Å². The van der Waals surface area contributed by atoms with Crippen molar-refractivity contribution in [3.8, 4) is 11.8 Å². The number of carbonyl (C=O) groups is 1. The van der Waals surface area contributed by atoms with Gasteiger partial charge < -0.3 is 9.74 Å². The van der Waals surface area contributed by atoms with Crippen molar-refractivity contribution in [3.63, 3.8) is 0 Å². The van der Waals surface area contributed by atoms with Crippen LogP contribution in [0.25, 0.3) is 0 Å². The first-order chi connectivity index (χ1) is 11.9. The Labute approximate surface area is 155 Å². The van der Waals surface area contributed by atoms with E-state index in [9.17, 15) is 14.9 Å². The molecule has 140 valence electrons. The highest BCUT2D eigenvalue weighted by Gasteiger charge is 2.47. The quantitative estimate of drug-likeness (QED) is 0.288. The Kier molecular flexibility index (Phi) is 5.59. The number of β-lactam (4-membered cyclic amide) rings is 1. The van der Waals surface area contributed by atoms with Crippen molar-refractivity contribution in [2.45, 2.75) is 58.0 Å². The van der Waals surface area contributed by atoms with Gasteiger partial charge in [-0.25, -0.2) is 0 Å². The van der Waals surface area contributed by atoms with Crippen LogP contribution in [-0.2, 0) is 9.22 Å². The second-order valence-electron chi connectivity index (χ2n) is 8.14. The van der Waals surface area contributed by atoms with Crippen molar-refractivity contribution in [2.75, 3.05) is 0 Å². The Morgan fingerprint density at radius 3 is 2.46 bits per heavy atom. The monoisotopic (exact) mass is 374 g/mol. The van der Waals surface area contributed by atoms with Gasteiger partial charge in [-0.15, -0.1) is 0 Å². The maximum atomic E-state index is 12.1. The molecule has 1 fully saturated rings. The highest BCUT2D eigenvalue weighted by Crippen LogP contribution is 2.38. The Balaban J connectivity index is 2.16. The van der Waals surface area contributed by atoms with Gasteiger partial charge in [-0.3, -0.25) is 14.9 Å². The van der Waals surface area contributed by atoms with Gasteiger partial charge in [0.2, 0.25) is 5.91 Å². The second-order valence-corrected chi connectivity index (χ2v) is 12.9. The number of carbonyl (C=O) groups excluding carboxylic acids is 1. The van der Waals surface area contributed by atoms with E-state index in [1.165, 1.54) is 6.07 Å². The third-order valence-corrected chi connectivity index (χ3v) is 9.79. The molecule has 1 aliphatic rings. The van der Waals surface area contributed by atoms with Crippen molar-refractivity contribution in [1.29, 1.82) is 0 Å². The summed E-state index contributed by atoms with van der Waals surface area (Å²) in [6.45, 7) is 12.7. The highest BCUT2D eigenvalue weighted by atomic mass is 28.4. The maximum absolute atomic E-state index is 12.1. The molecular weight excluding hydrogens is 348 g/mol. The molecule has 0 aliphatic carbocycles. The van der Waals surface area contributed by atoms with Crippen LogP contribution in [0.4, 0.5) is 5.69 Å². The maximum Gasteiger partial charge on any atom is 0.284 e. The average Bonchev–Trinajstić information content (AvgIpc) is 2.49. The molecule has 1 heterocycles. The van der Waals surface area contributed by atoms with Crippen LogP contribution in [-0.4, -0.2) is 31.3 Å². The lowest BCUT2D eigenvalue weighted by Gasteiger charge is -2.44. The fraction of sp³-hybridized carbons (Fsp3) is 0.526. The summed E-state index contributed by atoms with van der Waals surface area (Å²) in [7, 11) is -2.00. The summed E-state index contributed by atoms with van der Waals surface area (Å²) in [5.41, 5.74) is 0.308. The smallest absolute Gasteiger partial charge is 0.284 e. The summed E-state index contributed by atoms with van der Waals surface area (Å²) < 4.78 is 6.32. The normalized spacial score (nSPS) is 21.1. The molecular formula is C19H26N2O4Si. The van der Waals surface area contributed by atoms with Gasteiger partial charge in [0.25, 0.3) is 5.69 Å². The molecule has 0 radical (unpaired) electrons. The summed E-state index contributed by atoms with van der Waals surface area (Å²) >= 11 is 0. The Morgan fingerprint density at radius 2 is 1.92 bits per heavy atom. The number of hydrogen-bond donors (Lipinski definition) is 1. The fourth-order valence-electron chi connectivity index (χ4n) is 2.61. The molecule has 2 rings (SSSR count). The third kappa shape index (κ3) is 4.14. The number of nitro benzene ring substituents is 1. The van der Waals surface area contributed by atoms with Crippen LogP contribution in [0.3, 0.4) is 0 Å². The minimum Gasteiger partial charge on any atom is -0.413 e. The summed E-state index contributed by atoms with van der Waals surface area (Å²) in [4.78, 5) is 22.7. The van der Waals surface area contributed by atoms with Gasteiger partial charge in [-0.1, -0.05) is 44.7 Å². The van der Waals surface area contributed by atoms with Crippen LogP contribution in [0.5, 0.6) is 0 Å². The second kappa shape index (κ2) is 7.21. The van der Waals surface area contributed by atoms with Gasteiger partial charge in [0.15, 0.2) is 8.32 Å². The molecule has 0 saturated carbocycles. The SMILES string of the molecule is C[C@@H](O[Si](C)(C)C(C)(C)C)C1C(=O)N[C@@H]1C#Cc1ccccc1[N+](=O)[O-]. The molecule has 1 aromatic rings. The van der Waals surface area contributed by atoms with Gasteiger partial charge in [-0.2, -0.15) is 0 Å². The number of rotatable bonds is 4. The molecule has 0 spiro atoms. The summed E-state index contributed by atoms with van der Waals surface area (Å²) in [5.74, 6) is 5.36. The van der Waals surface area contributed by atoms with Crippen molar-refractivity contribution in [3.05, 3.63) is 39.9 Å². The number of para-hydroxylation sites is 1. The fourth-order valence-corrected chi connectivity index (χ4v) is 4.04. The largest absolute Gasteiger partial charge is 0.413 e. The molecule has 26 heavy (non-hydrogen) atoms. The molecule has 1 aromatic carbocycles. The van der Waals surface area contributed by atoms with Gasteiger partial charge in [0, 0.05) is 6.07 Å². The van der Waals surface area contributed by atoms with Crippen LogP contribution in [0.2, 0.25) is 18.1 Å². The first-order valence-corrected chi connectivity index (χ1v) is 11.6. The standard InChI is InChI=1S/C19H26N2O4Si/c1-13(25-26(5,6)19(2,3)4)17-15(20-18(17)22)12-11-14-9-7-8-10-16(14)21(23)24/h7-10,13,15,17H,1-6H3,(H,20,22)/t13-,15-,17?/m1/s1. The predicted molar refractivity (Wildman–Crippen MR) is 103 cm³/mol. The van der Waals surface area contributed by atoms with E-state index in [-0.39, 0.29) is 34.7 Å². The number of benzene rings is 1. The van der Waals surface area contributed by atoms with Crippen molar-refractivity contribution in [1.82, 2.24) is 5.32 Å². The minimum absolute atomic E-state index is 0.0345. The lowest BCUT2D eigenvalue weighted by atomic mass is 9.86. The molecule has 0 bridgehead atoms. The van der Waals surface area contributed by atoms with Crippen LogP contribution < -0.4 is 5.32 Å². The molecule has 1 amide bonds. The Hall–Kier alpha value is -2.17. The van der Waals surface area contributed by atoms with Gasteiger partial charge in [0.05, 0.1) is 16.9 Å². The molecule has 1 unspecified atom stereocenters. The summed E-state index contributed by atoms with van der Waals surface area (Å²) in [6, 6.07) is 5.98. The predicted octanol–water partition coefficient (Wildman–Crippen LogP) is 3.47. The minimum atomic E-state index is -2.00. The molecule has 6 nitrogen and oxygen atoms in total. The van der Waals surface area contributed by atoms with Crippen LogP contribution in [0, 0.1) is 27.9 Å². The zero-order chi connectivity index (χ0) is 19.7. The highest BCUT2D eigenvalue weighted by molar-refractivity contribution is 6.74. The first kappa shape index (κ1) is 20.1. The Morgan fingerprint density at radius 1 is 1.31 bits per heavy atom. The zero-order valence-electron chi connectivity index (χ0n) is 16.1. The van der Waals surface area contributed by atoms with Crippen LogP contribution >= 0.6 is 0 Å². The molecule has 7 heteroatoms. The zero-order valence-corrected chi connectivity index (χ0v) is 17.1. The van der Waals surface area contributed by atoms with E-state index < -0.39 is 13.2 Å². The molecule has 3 atom stereocenters. The topological polar surface area (TPSA) is 81.5 Å². The molecule has 1 aliphatic heterocycles. The van der Waals surface area contributed by atoms with Crippen LogP contribution in [0.1, 0.15) is 33.3 Å². The van der Waals surface area contributed by atoms with Crippen LogP contribution in [0.15, 0.2) is 24.3 Å². The van der Waals surface area contributed by atoms with E-state index >= 15 is 0 Å². The summed E-state index contributed by atoms with van der Waals surface area (Å²) in [6.07, 6.45) is -0.255. The van der Waals surface area contributed by atoms with E-state index in [0.717, 1.165) is 0 Å². The van der Waals surface area contributed by atoms with E-state index in [2.05, 4.69) is 51.0 Å². The van der Waals surface area contributed by atoms with E-state index in [0.29, 0.717) is 5.56 Å². The lowest BCUT2D eigenvalue weighted by molar-refractivity contribution is -0.385. The number of nitrogens with zero attached hydrogens (tertiary/aromatic N) is 1. The third-order valence-electron chi connectivity index (χ3n) is 5.22. The number of nitrogens with one attached hydrogen (secondary N) is 1.